The molecule has 0 saturated carbocycles. The number of benzene rings is 4. The Morgan fingerprint density at radius 3 is 2.39 bits per heavy atom. The van der Waals surface area contributed by atoms with Gasteiger partial charge in [-0.2, -0.15) is 0 Å². The summed E-state index contributed by atoms with van der Waals surface area (Å²) >= 11 is 0. The molecule has 298 valence electrons. The first-order chi connectivity index (χ1) is 27.8. The predicted octanol–water partition coefficient (Wildman–Crippen LogP) is 6.44. The molecule has 57 heavy (non-hydrogen) atoms. The topological polar surface area (TPSA) is 156 Å². The summed E-state index contributed by atoms with van der Waals surface area (Å²) in [4.78, 5) is 44.7. The summed E-state index contributed by atoms with van der Waals surface area (Å²) in [6.45, 7) is 4.80. The van der Waals surface area contributed by atoms with Crippen molar-refractivity contribution in [2.45, 2.75) is 50.9 Å². The third-order valence-corrected chi connectivity index (χ3v) is 11.1. The van der Waals surface area contributed by atoms with Crippen molar-refractivity contribution in [1.82, 2.24) is 20.1 Å². The van der Waals surface area contributed by atoms with E-state index in [9.17, 15) is 24.6 Å². The van der Waals surface area contributed by atoms with E-state index in [0.717, 1.165) is 74.1 Å². The normalized spacial score (nSPS) is 16.0. The first-order valence-corrected chi connectivity index (χ1v) is 19.9. The van der Waals surface area contributed by atoms with Crippen molar-refractivity contribution in [2.24, 2.45) is 5.92 Å². The average molecular weight is 774 g/mol. The number of hydrogen-bond acceptors (Lipinski definition) is 9. The first-order valence-electron chi connectivity index (χ1n) is 19.9. The van der Waals surface area contributed by atoms with Crippen molar-refractivity contribution < 1.29 is 29.3 Å². The molecule has 2 saturated heterocycles. The van der Waals surface area contributed by atoms with Crippen LogP contribution in [0.1, 0.15) is 49.3 Å². The van der Waals surface area contributed by atoms with Gasteiger partial charge in [-0.15, -0.1) is 0 Å². The summed E-state index contributed by atoms with van der Waals surface area (Å²) < 4.78 is 11.8. The van der Waals surface area contributed by atoms with Crippen LogP contribution in [0.5, 0.6) is 11.5 Å². The van der Waals surface area contributed by atoms with Crippen LogP contribution in [0, 0.1) is 5.92 Å². The van der Waals surface area contributed by atoms with E-state index in [1.807, 2.05) is 83.8 Å². The number of nitrogens with zero attached hydrogens (tertiary/aromatic N) is 2. The minimum absolute atomic E-state index is 0.0291. The number of phenolic OH excluding ortho intramolecular Hbond substituents is 1. The third-order valence-electron chi connectivity index (χ3n) is 11.1. The van der Waals surface area contributed by atoms with Crippen molar-refractivity contribution in [1.29, 1.82) is 0 Å². The number of aliphatic hydroxyl groups is 1. The quantitative estimate of drug-likeness (QED) is 0.0857. The van der Waals surface area contributed by atoms with Crippen LogP contribution < -0.4 is 20.9 Å². The second-order valence-corrected chi connectivity index (χ2v) is 14.9. The van der Waals surface area contributed by atoms with Gasteiger partial charge in [-0.3, -0.25) is 14.9 Å². The summed E-state index contributed by atoms with van der Waals surface area (Å²) in [6.07, 6.45) is 3.21. The molecule has 0 spiro atoms. The van der Waals surface area contributed by atoms with Crippen LogP contribution in [0.4, 0.5) is 10.5 Å². The standard InChI is InChI=1S/C45H51N5O7/c51-39-16-14-36(37-15-17-42(53)48-44(37)39)40(52)29-46-28-33-10-4-7-13-41(33)56-30-43(54)50-26-19-31(20-27-50)18-23-49-24-21-34(22-25-49)57-45(55)47-38-12-6-5-11-35(38)32-8-2-1-3-9-32/h1-17,31,34,40,46,51-52H,18-30H2,(H,47,55)(H,48,53). The van der Waals surface area contributed by atoms with E-state index in [0.29, 0.717) is 42.3 Å². The molecular weight excluding hydrogens is 723 g/mol. The number of likely N-dealkylation sites (tertiary alicyclic amines) is 2. The van der Waals surface area contributed by atoms with Crippen LogP contribution in [0.15, 0.2) is 108 Å². The number of rotatable bonds is 14. The van der Waals surface area contributed by atoms with Gasteiger partial charge in [-0.25, -0.2) is 4.79 Å². The molecule has 2 aliphatic rings. The molecule has 5 N–H and O–H groups in total. The van der Waals surface area contributed by atoms with Crippen molar-refractivity contribution in [2.75, 3.05) is 51.2 Å². The van der Waals surface area contributed by atoms with E-state index in [4.69, 9.17) is 9.47 Å². The Labute approximate surface area is 332 Å². The SMILES string of the molecule is O=C(Nc1ccccc1-c1ccccc1)OC1CCN(CCC2CCN(C(=O)COc3ccccc3CNCC(O)c3ccc(O)c4[nH]c(=O)ccc34)CC2)CC1. The van der Waals surface area contributed by atoms with E-state index >= 15 is 0 Å². The second kappa shape index (κ2) is 19.0. The summed E-state index contributed by atoms with van der Waals surface area (Å²) in [5, 5.41) is 27.9. The van der Waals surface area contributed by atoms with E-state index in [2.05, 4.69) is 20.5 Å². The highest BCUT2D eigenvalue weighted by atomic mass is 16.6. The number of para-hydroxylation sites is 2. The maximum absolute atomic E-state index is 13.2. The molecule has 0 aliphatic carbocycles. The Morgan fingerprint density at radius 2 is 1.58 bits per heavy atom. The number of carbonyl (C=O) groups is 2. The fourth-order valence-corrected chi connectivity index (χ4v) is 7.86. The van der Waals surface area contributed by atoms with E-state index in [-0.39, 0.29) is 42.0 Å². The Bertz CT molecular complexity index is 2180. The van der Waals surface area contributed by atoms with Gasteiger partial charge in [0, 0.05) is 61.8 Å². The minimum atomic E-state index is -0.890. The van der Waals surface area contributed by atoms with Crippen LogP contribution in [0.2, 0.25) is 0 Å². The van der Waals surface area contributed by atoms with E-state index < -0.39 is 12.2 Å². The molecule has 0 radical (unpaired) electrons. The lowest BCUT2D eigenvalue weighted by Crippen LogP contribution is -2.42. The number of fused-ring (bicyclic) bond motifs is 1. The second-order valence-electron chi connectivity index (χ2n) is 14.9. The molecule has 1 unspecified atom stereocenters. The number of H-pyrrole nitrogens is 1. The van der Waals surface area contributed by atoms with Gasteiger partial charge in [0.2, 0.25) is 5.56 Å². The van der Waals surface area contributed by atoms with Crippen molar-refractivity contribution >= 4 is 28.6 Å². The number of ether oxygens (including phenoxy) is 2. The number of aromatic amines is 1. The van der Waals surface area contributed by atoms with Crippen molar-refractivity contribution in [3.63, 3.8) is 0 Å². The number of nitrogens with one attached hydrogen (secondary N) is 3. The van der Waals surface area contributed by atoms with Crippen LogP contribution in [0.3, 0.4) is 0 Å². The molecule has 3 heterocycles. The number of phenols is 1. The molecule has 1 aromatic heterocycles. The van der Waals surface area contributed by atoms with Gasteiger partial charge >= 0.3 is 6.09 Å². The maximum Gasteiger partial charge on any atom is 0.411 e. The van der Waals surface area contributed by atoms with Gasteiger partial charge in [0.05, 0.1) is 17.3 Å². The lowest BCUT2D eigenvalue weighted by molar-refractivity contribution is -0.134. The lowest BCUT2D eigenvalue weighted by atomic mass is 9.93. The first kappa shape index (κ1) is 39.5. The molecule has 2 fully saturated rings. The fraction of sp³-hybridized carbons (Fsp3) is 0.356. The highest BCUT2D eigenvalue weighted by Gasteiger charge is 2.26. The molecular formula is C45H51N5O7. The molecule has 12 nitrogen and oxygen atoms in total. The summed E-state index contributed by atoms with van der Waals surface area (Å²) in [5.74, 6) is 1.08. The number of aliphatic hydroxyl groups excluding tert-OH is 1. The molecule has 4 aromatic carbocycles. The van der Waals surface area contributed by atoms with Crippen LogP contribution >= 0.6 is 0 Å². The number of pyridine rings is 1. The van der Waals surface area contributed by atoms with Crippen LogP contribution in [0.25, 0.3) is 22.0 Å². The zero-order chi connectivity index (χ0) is 39.6. The monoisotopic (exact) mass is 773 g/mol. The van der Waals surface area contributed by atoms with Gasteiger partial charge < -0.3 is 39.8 Å². The van der Waals surface area contributed by atoms with Crippen LogP contribution in [-0.4, -0.2) is 89.0 Å². The maximum atomic E-state index is 13.2. The van der Waals surface area contributed by atoms with Gasteiger partial charge in [0.1, 0.15) is 17.6 Å². The third kappa shape index (κ3) is 10.4. The van der Waals surface area contributed by atoms with E-state index in [1.54, 1.807) is 12.1 Å². The number of piperidine rings is 2. The minimum Gasteiger partial charge on any atom is -0.506 e. The number of hydrogen-bond donors (Lipinski definition) is 5. The molecule has 0 bridgehead atoms. The number of anilines is 1. The number of carbonyl (C=O) groups excluding carboxylic acids is 2. The van der Waals surface area contributed by atoms with Gasteiger partial charge in [-0.05, 0) is 80.0 Å². The zero-order valence-electron chi connectivity index (χ0n) is 32.1. The highest BCUT2D eigenvalue weighted by Crippen LogP contribution is 2.30. The predicted molar refractivity (Wildman–Crippen MR) is 220 cm³/mol. The highest BCUT2D eigenvalue weighted by molar-refractivity contribution is 5.91. The Hall–Kier alpha value is -5.69. The molecule has 2 amide bonds. The lowest BCUT2D eigenvalue weighted by Gasteiger charge is -2.35. The van der Waals surface area contributed by atoms with Crippen molar-refractivity contribution in [3.8, 4) is 22.6 Å². The van der Waals surface area contributed by atoms with Crippen molar-refractivity contribution in [3.05, 3.63) is 125 Å². The molecule has 5 aromatic rings. The summed E-state index contributed by atoms with van der Waals surface area (Å²) in [6, 6.07) is 31.3. The van der Waals surface area contributed by atoms with Gasteiger partial charge in [0.15, 0.2) is 6.61 Å². The molecule has 1 atom stereocenters. The van der Waals surface area contributed by atoms with E-state index in [1.165, 1.54) is 12.1 Å². The number of amides is 2. The fourth-order valence-electron chi connectivity index (χ4n) is 7.86. The molecule has 12 heteroatoms. The van der Waals surface area contributed by atoms with Gasteiger partial charge in [0.25, 0.3) is 5.91 Å². The zero-order valence-corrected chi connectivity index (χ0v) is 32.1. The Kier molecular flexibility index (Phi) is 13.2. The van der Waals surface area contributed by atoms with Gasteiger partial charge in [-0.1, -0.05) is 72.8 Å². The molecule has 7 rings (SSSR count). The summed E-state index contributed by atoms with van der Waals surface area (Å²) in [7, 11) is 0. The smallest absolute Gasteiger partial charge is 0.411 e. The average Bonchev–Trinajstić information content (AvgIpc) is 3.24. The Balaban J connectivity index is 0.788. The molecule has 2 aliphatic heterocycles. The summed E-state index contributed by atoms with van der Waals surface area (Å²) in [5.41, 5.74) is 4.13. The number of aromatic nitrogens is 1. The number of aromatic hydroxyl groups is 1. The Morgan fingerprint density at radius 1 is 0.842 bits per heavy atom. The van der Waals surface area contributed by atoms with Crippen LogP contribution in [-0.2, 0) is 16.1 Å². The largest absolute Gasteiger partial charge is 0.506 e.